The van der Waals surface area contributed by atoms with Crippen LogP contribution in [0.2, 0.25) is 0 Å². The molecular weight excluding hydrogens is 318 g/mol. The van der Waals surface area contributed by atoms with Gasteiger partial charge in [0.15, 0.2) is 0 Å². The van der Waals surface area contributed by atoms with E-state index in [1.54, 1.807) is 0 Å². The largest absolute Gasteiger partial charge is 0.328 e. The fourth-order valence-corrected chi connectivity index (χ4v) is 4.56. The molecule has 0 spiro atoms. The zero-order valence-corrected chi connectivity index (χ0v) is 13.1. The third-order valence-electron chi connectivity index (χ3n) is 3.16. The van der Waals surface area contributed by atoms with Crippen LogP contribution in [-0.4, -0.2) is 51.5 Å². The zero-order valence-electron chi connectivity index (χ0n) is 11.4. The molecule has 1 unspecified atom stereocenters. The lowest BCUT2D eigenvalue weighted by atomic mass is 10.1. The maximum atomic E-state index is 12.4. The molecule has 2 N–H and O–H groups in total. The quantitative estimate of drug-likeness (QED) is 0.738. The summed E-state index contributed by atoms with van der Waals surface area (Å²) in [4.78, 5) is 13.3. The number of H-pyrrole nitrogens is 1. The molecule has 1 aromatic rings. The Balaban J connectivity index is 2.20. The van der Waals surface area contributed by atoms with Crippen LogP contribution in [0.15, 0.2) is 28.0 Å². The van der Waals surface area contributed by atoms with Crippen LogP contribution in [0, 0.1) is 0 Å². The van der Waals surface area contributed by atoms with E-state index in [4.69, 9.17) is 0 Å². The molecule has 1 aliphatic heterocycles. The minimum absolute atomic E-state index is 0.0119. The molecule has 0 bridgehead atoms. The van der Waals surface area contributed by atoms with E-state index in [0.717, 1.165) is 18.5 Å². The van der Waals surface area contributed by atoms with E-state index >= 15 is 0 Å². The minimum Gasteiger partial charge on any atom is -0.328 e. The van der Waals surface area contributed by atoms with Crippen molar-refractivity contribution in [2.75, 3.05) is 19.3 Å². The van der Waals surface area contributed by atoms with Gasteiger partial charge in [-0.25, -0.2) is 21.6 Å². The van der Waals surface area contributed by atoms with Crippen molar-refractivity contribution in [3.63, 3.8) is 0 Å². The van der Waals surface area contributed by atoms with Crippen molar-refractivity contribution in [1.29, 1.82) is 0 Å². The van der Waals surface area contributed by atoms with Crippen molar-refractivity contribution < 1.29 is 16.8 Å². The van der Waals surface area contributed by atoms with Gasteiger partial charge in [-0.05, 0) is 18.9 Å². The number of nitrogens with zero attached hydrogens (tertiary/aromatic N) is 1. The number of sulfonamides is 2. The fourth-order valence-electron chi connectivity index (χ4n) is 2.27. The van der Waals surface area contributed by atoms with Gasteiger partial charge in [-0.2, -0.15) is 4.31 Å². The van der Waals surface area contributed by atoms with Crippen molar-refractivity contribution in [2.45, 2.75) is 23.8 Å². The molecule has 0 aromatic carbocycles. The summed E-state index contributed by atoms with van der Waals surface area (Å²) in [7, 11) is -7.12. The molecule has 1 aliphatic rings. The topological polar surface area (TPSA) is 116 Å². The Kier molecular flexibility index (Phi) is 4.51. The lowest BCUT2D eigenvalue weighted by Crippen LogP contribution is -2.49. The van der Waals surface area contributed by atoms with Crippen LogP contribution in [-0.2, 0) is 20.0 Å². The molecular formula is C11H17N3O5S2. The number of nitrogens with one attached hydrogen (secondary N) is 2. The predicted molar refractivity (Wildman–Crippen MR) is 76.8 cm³/mol. The average Bonchev–Trinajstić information content (AvgIpc) is 2.37. The third-order valence-corrected chi connectivity index (χ3v) is 5.78. The van der Waals surface area contributed by atoms with Crippen LogP contribution in [0.5, 0.6) is 0 Å². The number of aromatic nitrogens is 1. The molecule has 1 fully saturated rings. The van der Waals surface area contributed by atoms with Crippen molar-refractivity contribution in [2.24, 2.45) is 0 Å². The highest BCUT2D eigenvalue weighted by Crippen LogP contribution is 2.19. The van der Waals surface area contributed by atoms with Crippen molar-refractivity contribution >= 4 is 20.0 Å². The van der Waals surface area contributed by atoms with Crippen molar-refractivity contribution in [3.8, 4) is 0 Å². The molecule has 2 rings (SSSR count). The van der Waals surface area contributed by atoms with E-state index in [0.29, 0.717) is 19.4 Å². The molecule has 0 radical (unpaired) electrons. The molecule has 1 aromatic heterocycles. The molecule has 10 heteroatoms. The Bertz CT molecular complexity index is 749. The normalized spacial score (nSPS) is 21.3. The monoisotopic (exact) mass is 335 g/mol. The first-order chi connectivity index (χ1) is 9.68. The Labute approximate surface area is 123 Å². The summed E-state index contributed by atoms with van der Waals surface area (Å²) in [5.74, 6) is 0. The molecule has 8 nitrogen and oxygen atoms in total. The molecule has 21 heavy (non-hydrogen) atoms. The highest BCUT2D eigenvalue weighted by molar-refractivity contribution is 7.89. The van der Waals surface area contributed by atoms with E-state index in [-0.39, 0.29) is 17.0 Å². The number of aromatic amines is 1. The second kappa shape index (κ2) is 5.87. The van der Waals surface area contributed by atoms with E-state index in [2.05, 4.69) is 9.71 Å². The van der Waals surface area contributed by atoms with E-state index in [1.165, 1.54) is 10.4 Å². The average molecular weight is 335 g/mol. The van der Waals surface area contributed by atoms with E-state index < -0.39 is 26.1 Å². The fraction of sp³-hybridized carbons (Fsp3) is 0.545. The molecule has 1 atom stereocenters. The van der Waals surface area contributed by atoms with Crippen LogP contribution in [0.1, 0.15) is 12.8 Å². The first-order valence-corrected chi connectivity index (χ1v) is 9.68. The van der Waals surface area contributed by atoms with Gasteiger partial charge in [0.05, 0.1) is 11.2 Å². The highest BCUT2D eigenvalue weighted by atomic mass is 32.2. The predicted octanol–water partition coefficient (Wildman–Crippen LogP) is -0.923. The smallest absolute Gasteiger partial charge is 0.247 e. The van der Waals surface area contributed by atoms with Gasteiger partial charge in [0.1, 0.15) is 0 Å². The Morgan fingerprint density at radius 3 is 2.57 bits per heavy atom. The number of pyridine rings is 1. The second-order valence-corrected chi connectivity index (χ2v) is 8.70. The lowest BCUT2D eigenvalue weighted by Gasteiger charge is -2.31. The summed E-state index contributed by atoms with van der Waals surface area (Å²) in [6.07, 6.45) is 3.34. The van der Waals surface area contributed by atoms with Gasteiger partial charge in [0.2, 0.25) is 25.6 Å². The van der Waals surface area contributed by atoms with Gasteiger partial charge >= 0.3 is 0 Å². The van der Waals surface area contributed by atoms with Gasteiger partial charge in [-0.1, -0.05) is 0 Å². The summed E-state index contributed by atoms with van der Waals surface area (Å²) in [5, 5.41) is 0. The van der Waals surface area contributed by atoms with Crippen LogP contribution >= 0.6 is 0 Å². The lowest BCUT2D eigenvalue weighted by molar-refractivity contribution is 0.303. The molecule has 0 amide bonds. The first kappa shape index (κ1) is 16.1. The number of hydrogen-bond donors (Lipinski definition) is 2. The number of rotatable bonds is 4. The Hall–Kier alpha value is -1.23. The summed E-state index contributed by atoms with van der Waals surface area (Å²) in [6, 6.07) is 1.94. The van der Waals surface area contributed by atoms with Crippen LogP contribution in [0.25, 0.3) is 0 Å². The molecule has 0 aliphatic carbocycles. The van der Waals surface area contributed by atoms with E-state index in [9.17, 15) is 21.6 Å². The van der Waals surface area contributed by atoms with Crippen molar-refractivity contribution in [1.82, 2.24) is 14.0 Å². The summed E-state index contributed by atoms with van der Waals surface area (Å²) in [6.45, 7) is 0.401. The van der Waals surface area contributed by atoms with Gasteiger partial charge in [-0.15, -0.1) is 0 Å². The molecule has 0 saturated carbocycles. The van der Waals surface area contributed by atoms with Gasteiger partial charge in [0, 0.05) is 31.4 Å². The number of hydrogen-bond acceptors (Lipinski definition) is 5. The summed E-state index contributed by atoms with van der Waals surface area (Å²) >= 11 is 0. The summed E-state index contributed by atoms with van der Waals surface area (Å²) in [5.41, 5.74) is -0.385. The standard InChI is InChI=1S/C11H17N3O5S2/c1-20(16,17)13-9-3-2-6-14(8-9)21(18,19)10-4-5-11(15)12-7-10/h4-5,7,9,13H,2-3,6,8H2,1H3,(H,12,15). The summed E-state index contributed by atoms with van der Waals surface area (Å²) < 4.78 is 51.0. The third kappa shape index (κ3) is 4.13. The Morgan fingerprint density at radius 2 is 2.00 bits per heavy atom. The molecule has 2 heterocycles. The van der Waals surface area contributed by atoms with Crippen LogP contribution < -0.4 is 10.3 Å². The van der Waals surface area contributed by atoms with Gasteiger partial charge in [0.25, 0.3) is 0 Å². The van der Waals surface area contributed by atoms with E-state index in [1.807, 2.05) is 0 Å². The number of piperidine rings is 1. The first-order valence-electron chi connectivity index (χ1n) is 6.35. The molecule has 118 valence electrons. The minimum atomic E-state index is -3.74. The van der Waals surface area contributed by atoms with Crippen LogP contribution in [0.4, 0.5) is 0 Å². The van der Waals surface area contributed by atoms with Crippen LogP contribution in [0.3, 0.4) is 0 Å². The SMILES string of the molecule is CS(=O)(=O)NC1CCCN(S(=O)(=O)c2ccc(=O)[nH]c2)C1. The Morgan fingerprint density at radius 1 is 1.29 bits per heavy atom. The van der Waals surface area contributed by atoms with Gasteiger partial charge in [-0.3, -0.25) is 4.79 Å². The maximum Gasteiger partial charge on any atom is 0.247 e. The zero-order chi connectivity index (χ0) is 15.7. The van der Waals surface area contributed by atoms with Gasteiger partial charge < -0.3 is 4.98 Å². The molecule has 1 saturated heterocycles. The second-order valence-electron chi connectivity index (χ2n) is 4.98. The highest BCUT2D eigenvalue weighted by Gasteiger charge is 2.31. The maximum absolute atomic E-state index is 12.4. The van der Waals surface area contributed by atoms with Crippen molar-refractivity contribution in [3.05, 3.63) is 28.7 Å².